The van der Waals surface area contributed by atoms with Crippen LogP contribution in [0.5, 0.6) is 0 Å². The molecule has 0 unspecified atom stereocenters. The molecule has 26 heavy (non-hydrogen) atoms. The number of methoxy groups -OCH3 is 1. The molecule has 0 radical (unpaired) electrons. The lowest BCUT2D eigenvalue weighted by molar-refractivity contribution is -0.142. The molecule has 2 rings (SSSR count). The van der Waals surface area contributed by atoms with E-state index in [0.717, 1.165) is 5.69 Å². The van der Waals surface area contributed by atoms with Gasteiger partial charge in [0.15, 0.2) is 0 Å². The molecule has 0 heterocycles. The zero-order valence-corrected chi connectivity index (χ0v) is 14.9. The molecular weight excluding hydrogens is 332 g/mol. The first-order valence-electron chi connectivity index (χ1n) is 8.22. The predicted octanol–water partition coefficient (Wildman–Crippen LogP) is 3.54. The number of benzene rings is 2. The number of azo groups is 1. The number of amides is 2. The number of rotatable bonds is 7. The minimum atomic E-state index is -0.677. The van der Waals surface area contributed by atoms with Crippen LogP contribution in [0.3, 0.4) is 0 Å². The molecule has 7 heteroatoms. The van der Waals surface area contributed by atoms with Gasteiger partial charge in [0.1, 0.15) is 0 Å². The highest BCUT2D eigenvalue weighted by atomic mass is 16.5. The standard InChI is InChI=1S/C19H22N4O3/c1-23(13-6-14-26-2)19(25)18(24)20-15-9-11-17(12-10-15)22-21-16-7-4-3-5-8-16/h3-5,7-12H,6,13-14H2,1-2H3,(H,20,24). The molecule has 2 aromatic carbocycles. The first-order valence-corrected chi connectivity index (χ1v) is 8.22. The third-order valence-corrected chi connectivity index (χ3v) is 3.55. The van der Waals surface area contributed by atoms with Gasteiger partial charge in [-0.2, -0.15) is 10.2 Å². The molecular formula is C19H22N4O3. The fraction of sp³-hybridized carbons (Fsp3) is 0.263. The fourth-order valence-electron chi connectivity index (χ4n) is 2.13. The van der Waals surface area contributed by atoms with Crippen molar-refractivity contribution in [2.45, 2.75) is 6.42 Å². The van der Waals surface area contributed by atoms with E-state index in [-0.39, 0.29) is 0 Å². The quantitative estimate of drug-likeness (QED) is 0.469. The summed E-state index contributed by atoms with van der Waals surface area (Å²) >= 11 is 0. The van der Waals surface area contributed by atoms with E-state index in [1.165, 1.54) is 4.90 Å². The lowest BCUT2D eigenvalue weighted by atomic mass is 10.3. The van der Waals surface area contributed by atoms with E-state index >= 15 is 0 Å². The maximum atomic E-state index is 12.0. The van der Waals surface area contributed by atoms with Crippen LogP contribution in [0.15, 0.2) is 64.8 Å². The number of anilines is 1. The maximum Gasteiger partial charge on any atom is 0.313 e. The normalized spacial score (nSPS) is 10.7. The third-order valence-electron chi connectivity index (χ3n) is 3.55. The second kappa shape index (κ2) is 10.0. The molecule has 1 N–H and O–H groups in total. The van der Waals surface area contributed by atoms with Crippen LogP contribution in [0.4, 0.5) is 17.1 Å². The summed E-state index contributed by atoms with van der Waals surface area (Å²) in [5.41, 5.74) is 1.93. The number of nitrogens with zero attached hydrogens (tertiary/aromatic N) is 3. The van der Waals surface area contributed by atoms with Gasteiger partial charge in [0, 0.05) is 33.0 Å². The second-order valence-electron chi connectivity index (χ2n) is 5.61. The second-order valence-corrected chi connectivity index (χ2v) is 5.61. The monoisotopic (exact) mass is 354 g/mol. The first kappa shape index (κ1) is 19.3. The lowest BCUT2D eigenvalue weighted by Crippen LogP contribution is -2.37. The molecule has 7 nitrogen and oxygen atoms in total. The number of carbonyl (C=O) groups excluding carboxylic acids is 2. The fourth-order valence-corrected chi connectivity index (χ4v) is 2.13. The van der Waals surface area contributed by atoms with Crippen molar-refractivity contribution in [3.8, 4) is 0 Å². The number of nitrogens with one attached hydrogen (secondary N) is 1. The van der Waals surface area contributed by atoms with E-state index in [2.05, 4.69) is 15.5 Å². The van der Waals surface area contributed by atoms with Crippen LogP contribution >= 0.6 is 0 Å². The van der Waals surface area contributed by atoms with Gasteiger partial charge in [0.05, 0.1) is 11.4 Å². The van der Waals surface area contributed by atoms with Gasteiger partial charge in [-0.05, 0) is 42.8 Å². The van der Waals surface area contributed by atoms with Gasteiger partial charge in [-0.25, -0.2) is 0 Å². The van der Waals surface area contributed by atoms with Crippen molar-refractivity contribution < 1.29 is 14.3 Å². The zero-order valence-electron chi connectivity index (χ0n) is 14.9. The Morgan fingerprint density at radius 2 is 1.62 bits per heavy atom. The Kier molecular flexibility index (Phi) is 7.45. The van der Waals surface area contributed by atoms with Crippen LogP contribution in [-0.4, -0.2) is 44.0 Å². The largest absolute Gasteiger partial charge is 0.385 e. The predicted molar refractivity (Wildman–Crippen MR) is 99.8 cm³/mol. The molecule has 0 aliphatic heterocycles. The van der Waals surface area contributed by atoms with Crippen LogP contribution < -0.4 is 5.32 Å². The molecule has 0 spiro atoms. The molecule has 0 saturated carbocycles. The summed E-state index contributed by atoms with van der Waals surface area (Å²) in [7, 11) is 3.18. The van der Waals surface area contributed by atoms with Crippen molar-refractivity contribution in [3.05, 3.63) is 54.6 Å². The van der Waals surface area contributed by atoms with Crippen LogP contribution in [0, 0.1) is 0 Å². The smallest absolute Gasteiger partial charge is 0.313 e. The van der Waals surface area contributed by atoms with Gasteiger partial charge in [-0.1, -0.05) is 18.2 Å². The number of hydrogen-bond donors (Lipinski definition) is 1. The Bertz CT molecular complexity index is 745. The van der Waals surface area contributed by atoms with E-state index in [4.69, 9.17) is 4.74 Å². The Balaban J connectivity index is 1.89. The lowest BCUT2D eigenvalue weighted by Gasteiger charge is -2.16. The Morgan fingerprint density at radius 3 is 2.23 bits per heavy atom. The summed E-state index contributed by atoms with van der Waals surface area (Å²) in [6.45, 7) is 0.997. The SMILES string of the molecule is COCCCN(C)C(=O)C(=O)Nc1ccc(N=Nc2ccccc2)cc1. The topological polar surface area (TPSA) is 83.4 Å². The highest BCUT2D eigenvalue weighted by Gasteiger charge is 2.18. The van der Waals surface area contributed by atoms with E-state index in [0.29, 0.717) is 30.9 Å². The zero-order chi connectivity index (χ0) is 18.8. The Labute approximate surface area is 152 Å². The van der Waals surface area contributed by atoms with E-state index in [1.54, 1.807) is 38.4 Å². The number of carbonyl (C=O) groups is 2. The Morgan fingerprint density at radius 1 is 1.00 bits per heavy atom. The summed E-state index contributed by atoms with van der Waals surface area (Å²) in [6, 6.07) is 16.2. The van der Waals surface area contributed by atoms with Gasteiger partial charge in [0.25, 0.3) is 0 Å². The Hall–Kier alpha value is -3.06. The summed E-state index contributed by atoms with van der Waals surface area (Å²) in [4.78, 5) is 25.4. The van der Waals surface area contributed by atoms with Crippen molar-refractivity contribution >= 4 is 28.9 Å². The highest BCUT2D eigenvalue weighted by Crippen LogP contribution is 2.20. The summed E-state index contributed by atoms with van der Waals surface area (Å²) in [6.07, 6.45) is 0.674. The molecule has 136 valence electrons. The molecule has 2 aromatic rings. The third kappa shape index (κ3) is 6.10. The molecule has 2 amide bonds. The van der Waals surface area contributed by atoms with Crippen LogP contribution in [-0.2, 0) is 14.3 Å². The van der Waals surface area contributed by atoms with Crippen molar-refractivity contribution in [1.29, 1.82) is 0 Å². The van der Waals surface area contributed by atoms with Gasteiger partial charge >= 0.3 is 11.8 Å². The molecule has 0 saturated heterocycles. The summed E-state index contributed by atoms with van der Waals surface area (Å²) in [5.74, 6) is -1.27. The molecule has 0 aromatic heterocycles. The van der Waals surface area contributed by atoms with Gasteiger partial charge in [-0.3, -0.25) is 9.59 Å². The minimum absolute atomic E-state index is 0.457. The van der Waals surface area contributed by atoms with Gasteiger partial charge in [-0.15, -0.1) is 0 Å². The average molecular weight is 354 g/mol. The van der Waals surface area contributed by atoms with Crippen molar-refractivity contribution in [1.82, 2.24) is 4.90 Å². The van der Waals surface area contributed by atoms with E-state index in [1.807, 2.05) is 30.3 Å². The maximum absolute atomic E-state index is 12.0. The van der Waals surface area contributed by atoms with Crippen LogP contribution in [0.1, 0.15) is 6.42 Å². The average Bonchev–Trinajstić information content (AvgIpc) is 2.67. The summed E-state index contributed by atoms with van der Waals surface area (Å²) in [5, 5.41) is 10.8. The molecule has 0 aliphatic rings. The number of likely N-dealkylation sites (N-methyl/N-ethyl adjacent to an activating group) is 1. The summed E-state index contributed by atoms with van der Waals surface area (Å²) < 4.78 is 4.93. The van der Waals surface area contributed by atoms with Crippen molar-refractivity contribution in [3.63, 3.8) is 0 Å². The van der Waals surface area contributed by atoms with E-state index in [9.17, 15) is 9.59 Å². The van der Waals surface area contributed by atoms with E-state index < -0.39 is 11.8 Å². The minimum Gasteiger partial charge on any atom is -0.385 e. The van der Waals surface area contributed by atoms with Crippen molar-refractivity contribution in [2.75, 3.05) is 32.6 Å². The molecule has 0 fully saturated rings. The highest BCUT2D eigenvalue weighted by molar-refractivity contribution is 6.39. The number of hydrogen-bond acceptors (Lipinski definition) is 5. The van der Waals surface area contributed by atoms with Gasteiger partial charge in [0.2, 0.25) is 0 Å². The molecule has 0 atom stereocenters. The van der Waals surface area contributed by atoms with Crippen molar-refractivity contribution in [2.24, 2.45) is 10.2 Å². The van der Waals surface area contributed by atoms with Crippen LogP contribution in [0.2, 0.25) is 0 Å². The van der Waals surface area contributed by atoms with Crippen LogP contribution in [0.25, 0.3) is 0 Å². The first-order chi connectivity index (χ1) is 12.6. The molecule has 0 bridgehead atoms. The number of ether oxygens (including phenoxy) is 1. The molecule has 0 aliphatic carbocycles. The van der Waals surface area contributed by atoms with Gasteiger partial charge < -0.3 is 15.0 Å².